The smallest absolute Gasteiger partial charge is 0.0431 e. The Morgan fingerprint density at radius 3 is 1.33 bits per heavy atom. The first-order valence-electron chi connectivity index (χ1n) is 9.67. The first kappa shape index (κ1) is 20.7. The van der Waals surface area contributed by atoms with Gasteiger partial charge < -0.3 is 5.11 Å². The molecule has 0 rings (SSSR count). The van der Waals surface area contributed by atoms with Crippen molar-refractivity contribution >= 4 is 0 Å². The normalized spacial score (nSPS) is 11.5. The first-order chi connectivity index (χ1) is 10.4. The summed E-state index contributed by atoms with van der Waals surface area (Å²) in [7, 11) is 0. The molecular weight excluding hydrogens is 256 g/mol. The van der Waals surface area contributed by atoms with Crippen molar-refractivity contribution in [3.8, 4) is 0 Å². The maximum absolute atomic E-state index is 8.69. The monoisotopic (exact) mass is 296 g/mol. The van der Waals surface area contributed by atoms with Crippen molar-refractivity contribution in [1.82, 2.24) is 0 Å². The van der Waals surface area contributed by atoms with Crippen LogP contribution in [0.25, 0.3) is 0 Å². The van der Waals surface area contributed by atoms with Crippen LogP contribution in [0.3, 0.4) is 0 Å². The summed E-state index contributed by atoms with van der Waals surface area (Å²) < 4.78 is 0. The van der Waals surface area contributed by atoms with Gasteiger partial charge in [-0.2, -0.15) is 0 Å². The van der Waals surface area contributed by atoms with Gasteiger partial charge in [0.25, 0.3) is 0 Å². The minimum atomic E-state index is 0.366. The molecule has 0 fully saturated rings. The summed E-state index contributed by atoms with van der Waals surface area (Å²) in [6.07, 6.45) is 26.2. The zero-order valence-corrected chi connectivity index (χ0v) is 14.6. The van der Waals surface area contributed by atoms with Crippen molar-refractivity contribution in [2.45, 2.75) is 110 Å². The third-order valence-electron chi connectivity index (χ3n) is 4.17. The Morgan fingerprint density at radius 2 is 0.905 bits per heavy atom. The SMILES string of the molecule is CCCCCCCC/C=C\CCCCCCCCCCO. The fourth-order valence-corrected chi connectivity index (χ4v) is 2.71. The average Bonchev–Trinajstić information content (AvgIpc) is 2.50. The molecule has 0 radical (unpaired) electrons. The van der Waals surface area contributed by atoms with Crippen LogP contribution in [0.5, 0.6) is 0 Å². The molecule has 0 saturated carbocycles. The number of unbranched alkanes of at least 4 members (excludes halogenated alkanes) is 14. The molecule has 0 aliphatic carbocycles. The van der Waals surface area contributed by atoms with Crippen molar-refractivity contribution in [2.24, 2.45) is 0 Å². The maximum atomic E-state index is 8.69. The van der Waals surface area contributed by atoms with Crippen molar-refractivity contribution in [3.05, 3.63) is 12.2 Å². The van der Waals surface area contributed by atoms with Crippen LogP contribution in [0.4, 0.5) is 0 Å². The summed E-state index contributed by atoms with van der Waals surface area (Å²) in [4.78, 5) is 0. The lowest BCUT2D eigenvalue weighted by molar-refractivity contribution is 0.282. The van der Waals surface area contributed by atoms with Crippen LogP contribution in [-0.4, -0.2) is 11.7 Å². The molecule has 21 heavy (non-hydrogen) atoms. The predicted molar refractivity (Wildman–Crippen MR) is 95.8 cm³/mol. The molecule has 0 aliphatic rings. The molecule has 0 aliphatic heterocycles. The quantitative estimate of drug-likeness (QED) is 0.231. The molecule has 0 unspecified atom stereocenters. The predicted octanol–water partition coefficient (Wildman–Crippen LogP) is 6.80. The molecule has 0 bridgehead atoms. The topological polar surface area (TPSA) is 20.2 Å². The van der Waals surface area contributed by atoms with E-state index in [4.69, 9.17) is 5.11 Å². The van der Waals surface area contributed by atoms with E-state index in [0.29, 0.717) is 6.61 Å². The fourth-order valence-electron chi connectivity index (χ4n) is 2.71. The zero-order chi connectivity index (χ0) is 15.4. The number of hydrogen-bond donors (Lipinski definition) is 1. The van der Waals surface area contributed by atoms with E-state index in [-0.39, 0.29) is 0 Å². The van der Waals surface area contributed by atoms with Gasteiger partial charge in [0.05, 0.1) is 0 Å². The average molecular weight is 297 g/mol. The number of hydrogen-bond acceptors (Lipinski definition) is 1. The van der Waals surface area contributed by atoms with Crippen molar-refractivity contribution in [3.63, 3.8) is 0 Å². The third kappa shape index (κ3) is 19.7. The number of rotatable bonds is 17. The van der Waals surface area contributed by atoms with Crippen molar-refractivity contribution in [1.29, 1.82) is 0 Å². The molecule has 0 amide bonds. The van der Waals surface area contributed by atoms with Crippen molar-refractivity contribution in [2.75, 3.05) is 6.61 Å². The lowest BCUT2D eigenvalue weighted by Gasteiger charge is -2.00. The zero-order valence-electron chi connectivity index (χ0n) is 14.6. The van der Waals surface area contributed by atoms with Crippen LogP contribution in [-0.2, 0) is 0 Å². The summed E-state index contributed by atoms with van der Waals surface area (Å²) in [5.74, 6) is 0. The van der Waals surface area contributed by atoms with E-state index in [2.05, 4.69) is 19.1 Å². The van der Waals surface area contributed by atoms with Gasteiger partial charge in [0.1, 0.15) is 0 Å². The highest BCUT2D eigenvalue weighted by atomic mass is 16.2. The van der Waals surface area contributed by atoms with E-state index in [1.54, 1.807) is 0 Å². The van der Waals surface area contributed by atoms with Crippen LogP contribution >= 0.6 is 0 Å². The van der Waals surface area contributed by atoms with Gasteiger partial charge in [0, 0.05) is 6.61 Å². The molecule has 0 aromatic carbocycles. The minimum Gasteiger partial charge on any atom is -0.396 e. The Labute approximate surface area is 134 Å². The molecule has 1 heteroatoms. The minimum absolute atomic E-state index is 0.366. The van der Waals surface area contributed by atoms with Gasteiger partial charge in [-0.05, 0) is 32.1 Å². The maximum Gasteiger partial charge on any atom is 0.0431 e. The Morgan fingerprint density at radius 1 is 0.524 bits per heavy atom. The first-order valence-corrected chi connectivity index (χ1v) is 9.67. The molecule has 0 heterocycles. The van der Waals surface area contributed by atoms with Gasteiger partial charge in [-0.3, -0.25) is 0 Å². The second-order valence-electron chi connectivity index (χ2n) is 6.37. The largest absolute Gasteiger partial charge is 0.396 e. The molecule has 1 N–H and O–H groups in total. The second kappa shape index (κ2) is 19.7. The van der Waals surface area contributed by atoms with Crippen molar-refractivity contribution < 1.29 is 5.11 Å². The van der Waals surface area contributed by atoms with E-state index in [1.165, 1.54) is 96.3 Å². The molecule has 0 atom stereocenters. The summed E-state index contributed by atoms with van der Waals surface area (Å²) in [5.41, 5.74) is 0. The molecule has 0 spiro atoms. The van der Waals surface area contributed by atoms with Crippen LogP contribution in [0, 0.1) is 0 Å². The molecule has 0 aromatic rings. The summed E-state index contributed by atoms with van der Waals surface area (Å²) in [6, 6.07) is 0. The Kier molecular flexibility index (Phi) is 19.4. The second-order valence-corrected chi connectivity index (χ2v) is 6.37. The molecule has 126 valence electrons. The summed E-state index contributed by atoms with van der Waals surface area (Å²) in [6.45, 7) is 2.64. The number of allylic oxidation sites excluding steroid dienone is 2. The van der Waals surface area contributed by atoms with Gasteiger partial charge in [0.15, 0.2) is 0 Å². The van der Waals surface area contributed by atoms with Gasteiger partial charge >= 0.3 is 0 Å². The Balaban J connectivity index is 3.02. The summed E-state index contributed by atoms with van der Waals surface area (Å²) >= 11 is 0. The highest BCUT2D eigenvalue weighted by molar-refractivity contribution is 4.81. The fraction of sp³-hybridized carbons (Fsp3) is 0.900. The summed E-state index contributed by atoms with van der Waals surface area (Å²) in [5, 5.41) is 8.69. The highest BCUT2D eigenvalue weighted by Gasteiger charge is 1.91. The van der Waals surface area contributed by atoms with Crippen LogP contribution in [0.2, 0.25) is 0 Å². The lowest BCUT2D eigenvalue weighted by atomic mass is 10.1. The highest BCUT2D eigenvalue weighted by Crippen LogP contribution is 2.11. The van der Waals surface area contributed by atoms with Gasteiger partial charge in [-0.25, -0.2) is 0 Å². The Bertz CT molecular complexity index is 198. The van der Waals surface area contributed by atoms with E-state index in [1.807, 2.05) is 0 Å². The third-order valence-corrected chi connectivity index (χ3v) is 4.17. The molecular formula is C20H40O. The van der Waals surface area contributed by atoms with Crippen LogP contribution < -0.4 is 0 Å². The Hall–Kier alpha value is -0.300. The van der Waals surface area contributed by atoms with E-state index in [0.717, 1.165) is 6.42 Å². The number of aliphatic hydroxyl groups excluding tert-OH is 1. The van der Waals surface area contributed by atoms with E-state index in [9.17, 15) is 0 Å². The standard InChI is InChI=1S/C20H40O/c1-2-3-4-5-6-7-8-9-10-11-12-13-14-15-16-17-18-19-20-21/h9-10,21H,2-8,11-20H2,1H3/b10-9-. The van der Waals surface area contributed by atoms with E-state index < -0.39 is 0 Å². The van der Waals surface area contributed by atoms with Crippen LogP contribution in [0.1, 0.15) is 110 Å². The van der Waals surface area contributed by atoms with Gasteiger partial charge in [0.2, 0.25) is 0 Å². The molecule has 0 saturated heterocycles. The van der Waals surface area contributed by atoms with Crippen LogP contribution in [0.15, 0.2) is 12.2 Å². The molecule has 0 aromatic heterocycles. The number of aliphatic hydroxyl groups is 1. The van der Waals surface area contributed by atoms with E-state index >= 15 is 0 Å². The lowest BCUT2D eigenvalue weighted by Crippen LogP contribution is -1.84. The van der Waals surface area contributed by atoms with Gasteiger partial charge in [-0.15, -0.1) is 0 Å². The molecule has 1 nitrogen and oxygen atoms in total. The van der Waals surface area contributed by atoms with Gasteiger partial charge in [-0.1, -0.05) is 89.7 Å².